The Balaban J connectivity index is 1.70. The van der Waals surface area contributed by atoms with Crippen molar-refractivity contribution in [2.75, 3.05) is 5.32 Å². The number of hydrogen-bond donors (Lipinski definition) is 1. The molecule has 19 heavy (non-hydrogen) atoms. The highest BCUT2D eigenvalue weighted by molar-refractivity contribution is 5.92. The molecule has 102 valence electrons. The molecule has 1 heterocycles. The van der Waals surface area contributed by atoms with Crippen LogP contribution in [0.5, 0.6) is 0 Å². The third-order valence-corrected chi connectivity index (χ3v) is 4.27. The molecular formula is C15H21N3O. The average molecular weight is 259 g/mol. The van der Waals surface area contributed by atoms with Crippen LogP contribution in [0.15, 0.2) is 12.4 Å². The summed E-state index contributed by atoms with van der Waals surface area (Å²) in [5, 5.41) is 3.00. The van der Waals surface area contributed by atoms with E-state index < -0.39 is 0 Å². The largest absolute Gasteiger partial charge is 0.309 e. The van der Waals surface area contributed by atoms with Gasteiger partial charge in [-0.15, -0.1) is 0 Å². The summed E-state index contributed by atoms with van der Waals surface area (Å²) >= 11 is 0. The highest BCUT2D eigenvalue weighted by Gasteiger charge is 2.36. The molecule has 3 rings (SSSR count). The second kappa shape index (κ2) is 4.58. The third kappa shape index (κ3) is 2.77. The number of carbonyl (C=O) groups is 1. The van der Waals surface area contributed by atoms with Crippen molar-refractivity contribution < 1.29 is 4.79 Å². The fourth-order valence-electron chi connectivity index (χ4n) is 2.98. The van der Waals surface area contributed by atoms with Crippen molar-refractivity contribution in [3.8, 4) is 0 Å². The van der Waals surface area contributed by atoms with Gasteiger partial charge in [-0.2, -0.15) is 0 Å². The fraction of sp³-hybridized carbons (Fsp3) is 0.667. The number of rotatable bonds is 3. The topological polar surface area (TPSA) is 54.9 Å². The summed E-state index contributed by atoms with van der Waals surface area (Å²) in [6.07, 6.45) is 8.77. The minimum Gasteiger partial charge on any atom is -0.309 e. The Kier molecular flexibility index (Phi) is 3.03. The Morgan fingerprint density at radius 1 is 1.26 bits per heavy atom. The van der Waals surface area contributed by atoms with Crippen LogP contribution in [0.2, 0.25) is 0 Å². The first-order valence-electron chi connectivity index (χ1n) is 7.17. The van der Waals surface area contributed by atoms with Crippen LogP contribution >= 0.6 is 0 Å². The van der Waals surface area contributed by atoms with Crippen LogP contribution in [0, 0.1) is 11.3 Å². The zero-order valence-corrected chi connectivity index (χ0v) is 11.6. The molecule has 2 aliphatic carbocycles. The van der Waals surface area contributed by atoms with E-state index in [9.17, 15) is 4.79 Å². The molecule has 0 spiro atoms. The van der Waals surface area contributed by atoms with E-state index in [1.165, 1.54) is 0 Å². The van der Waals surface area contributed by atoms with E-state index in [4.69, 9.17) is 0 Å². The maximum absolute atomic E-state index is 12.3. The molecule has 0 bridgehead atoms. The molecule has 0 saturated heterocycles. The van der Waals surface area contributed by atoms with Crippen molar-refractivity contribution in [1.82, 2.24) is 9.97 Å². The molecule has 4 nitrogen and oxygen atoms in total. The Morgan fingerprint density at radius 3 is 2.63 bits per heavy atom. The molecular weight excluding hydrogens is 238 g/mol. The zero-order valence-electron chi connectivity index (χ0n) is 11.6. The first-order chi connectivity index (χ1) is 9.05. The Labute approximate surface area is 114 Å². The number of amides is 1. The number of hydrogen-bond acceptors (Lipinski definition) is 3. The first-order valence-corrected chi connectivity index (χ1v) is 7.17. The van der Waals surface area contributed by atoms with E-state index in [1.54, 1.807) is 12.4 Å². The van der Waals surface area contributed by atoms with Crippen LogP contribution in [-0.2, 0) is 4.79 Å². The number of aromatic nitrogens is 2. The lowest BCUT2D eigenvalue weighted by molar-refractivity contribution is -0.119. The van der Waals surface area contributed by atoms with E-state index >= 15 is 0 Å². The summed E-state index contributed by atoms with van der Waals surface area (Å²) in [6, 6.07) is 0. The molecule has 0 aromatic carbocycles. The molecule has 1 aromatic rings. The quantitative estimate of drug-likeness (QED) is 0.907. The van der Waals surface area contributed by atoms with Gasteiger partial charge in [0.2, 0.25) is 5.91 Å². The van der Waals surface area contributed by atoms with Crippen LogP contribution in [0.3, 0.4) is 0 Å². The summed E-state index contributed by atoms with van der Waals surface area (Å²) in [7, 11) is 0. The lowest BCUT2D eigenvalue weighted by Gasteiger charge is -2.17. The van der Waals surface area contributed by atoms with E-state index in [-0.39, 0.29) is 11.8 Å². The average Bonchev–Trinajstić information content (AvgIpc) is 3.14. The molecule has 1 unspecified atom stereocenters. The van der Waals surface area contributed by atoms with Gasteiger partial charge < -0.3 is 5.32 Å². The molecule has 1 atom stereocenters. The van der Waals surface area contributed by atoms with Gasteiger partial charge in [0.05, 0.1) is 5.69 Å². The second-order valence-corrected chi connectivity index (χ2v) is 6.66. The lowest BCUT2D eigenvalue weighted by Crippen LogP contribution is -2.23. The van der Waals surface area contributed by atoms with E-state index in [0.717, 1.165) is 37.8 Å². The van der Waals surface area contributed by atoms with Crippen molar-refractivity contribution in [1.29, 1.82) is 0 Å². The van der Waals surface area contributed by atoms with Crippen molar-refractivity contribution in [3.05, 3.63) is 18.1 Å². The number of anilines is 1. The van der Waals surface area contributed by atoms with Gasteiger partial charge >= 0.3 is 0 Å². The van der Waals surface area contributed by atoms with Gasteiger partial charge in [0, 0.05) is 24.2 Å². The zero-order chi connectivity index (χ0) is 13.5. The SMILES string of the molecule is CC1(C)CCC(C(=O)Nc2nccnc2C2CC2)C1. The van der Waals surface area contributed by atoms with Crippen LogP contribution in [0.25, 0.3) is 0 Å². The van der Waals surface area contributed by atoms with Crippen molar-refractivity contribution in [2.45, 2.75) is 51.9 Å². The van der Waals surface area contributed by atoms with Gasteiger partial charge in [-0.25, -0.2) is 4.98 Å². The Hall–Kier alpha value is -1.45. The van der Waals surface area contributed by atoms with E-state index in [2.05, 4.69) is 29.1 Å². The molecule has 2 aliphatic rings. The summed E-state index contributed by atoms with van der Waals surface area (Å²) in [6.45, 7) is 4.47. The van der Waals surface area contributed by atoms with Crippen LogP contribution < -0.4 is 5.32 Å². The number of nitrogens with zero attached hydrogens (tertiary/aromatic N) is 2. The van der Waals surface area contributed by atoms with Crippen LogP contribution in [0.4, 0.5) is 5.82 Å². The van der Waals surface area contributed by atoms with Crippen molar-refractivity contribution in [2.24, 2.45) is 11.3 Å². The molecule has 4 heteroatoms. The second-order valence-electron chi connectivity index (χ2n) is 6.66. The van der Waals surface area contributed by atoms with Gasteiger partial charge in [0.25, 0.3) is 0 Å². The Morgan fingerprint density at radius 2 is 2.00 bits per heavy atom. The standard InChI is InChI=1S/C15H21N3O/c1-15(2)6-5-11(9-15)14(19)18-13-12(10-3-4-10)16-7-8-17-13/h7-8,10-11H,3-6,9H2,1-2H3,(H,17,18,19). The predicted octanol–water partition coefficient (Wildman–Crippen LogP) is 3.12. The maximum atomic E-state index is 12.3. The third-order valence-electron chi connectivity index (χ3n) is 4.27. The van der Waals surface area contributed by atoms with Gasteiger partial charge in [-0.3, -0.25) is 9.78 Å². The Bertz CT molecular complexity index is 494. The molecule has 0 radical (unpaired) electrons. The van der Waals surface area contributed by atoms with E-state index in [0.29, 0.717) is 17.2 Å². The number of nitrogens with one attached hydrogen (secondary N) is 1. The minimum atomic E-state index is 0.118. The van der Waals surface area contributed by atoms with Gasteiger partial charge in [0.15, 0.2) is 5.82 Å². The first kappa shape index (κ1) is 12.6. The summed E-state index contributed by atoms with van der Waals surface area (Å²) in [4.78, 5) is 21.0. The number of carbonyl (C=O) groups excluding carboxylic acids is 1. The minimum absolute atomic E-state index is 0.118. The molecule has 1 aromatic heterocycles. The fourth-order valence-corrected chi connectivity index (χ4v) is 2.98. The normalized spacial score (nSPS) is 25.3. The highest BCUT2D eigenvalue weighted by Crippen LogP contribution is 2.43. The smallest absolute Gasteiger partial charge is 0.228 e. The van der Waals surface area contributed by atoms with Gasteiger partial charge in [0.1, 0.15) is 0 Å². The molecule has 2 fully saturated rings. The maximum Gasteiger partial charge on any atom is 0.228 e. The van der Waals surface area contributed by atoms with Gasteiger partial charge in [-0.05, 0) is 37.5 Å². The van der Waals surface area contributed by atoms with Crippen LogP contribution in [0.1, 0.15) is 57.6 Å². The van der Waals surface area contributed by atoms with Crippen LogP contribution in [-0.4, -0.2) is 15.9 Å². The summed E-state index contributed by atoms with van der Waals surface area (Å²) in [5.41, 5.74) is 1.26. The molecule has 1 N–H and O–H groups in total. The molecule has 2 saturated carbocycles. The van der Waals surface area contributed by atoms with Crippen molar-refractivity contribution >= 4 is 11.7 Å². The van der Waals surface area contributed by atoms with Gasteiger partial charge in [-0.1, -0.05) is 13.8 Å². The highest BCUT2D eigenvalue weighted by atomic mass is 16.1. The lowest BCUT2D eigenvalue weighted by atomic mass is 9.90. The predicted molar refractivity (Wildman–Crippen MR) is 73.8 cm³/mol. The van der Waals surface area contributed by atoms with E-state index in [1.807, 2.05) is 0 Å². The monoisotopic (exact) mass is 259 g/mol. The van der Waals surface area contributed by atoms with Crippen molar-refractivity contribution in [3.63, 3.8) is 0 Å². The molecule has 0 aliphatic heterocycles. The summed E-state index contributed by atoms with van der Waals surface area (Å²) in [5.74, 6) is 1.43. The summed E-state index contributed by atoms with van der Waals surface area (Å²) < 4.78 is 0. The molecule has 1 amide bonds.